The molecule has 0 bridgehead atoms. The van der Waals surface area contributed by atoms with Gasteiger partial charge in [0, 0.05) is 6.61 Å². The molecule has 0 aromatic rings. The number of hydrogen-bond donors (Lipinski definition) is 3. The molecule has 1 fully saturated rings. The average Bonchev–Trinajstić information content (AvgIpc) is 3.10. The molecule has 1 aliphatic rings. The quantitative estimate of drug-likeness (QED) is 0.214. The maximum atomic E-state index is 10.1. The molecule has 5 heteroatoms. The number of allylic oxidation sites excluding steroid dienone is 2. The maximum absolute atomic E-state index is 10.1. The van der Waals surface area contributed by atoms with Gasteiger partial charge in [0.2, 0.25) is 0 Å². The molecule has 0 radical (unpaired) electrons. The minimum absolute atomic E-state index is 0.270. The Morgan fingerprint density at radius 2 is 1.45 bits per heavy atom. The van der Waals surface area contributed by atoms with Crippen molar-refractivity contribution in [3.8, 4) is 0 Å². The second kappa shape index (κ2) is 18.3. The molecule has 172 valence electrons. The number of ether oxygens (including phenoxy) is 2. The van der Waals surface area contributed by atoms with Crippen molar-refractivity contribution in [3.05, 3.63) is 12.2 Å². The predicted octanol–water partition coefficient (Wildman–Crippen LogP) is 4.52. The molecule has 0 aromatic heterocycles. The SMILES string of the molecule is CCCCCCCCCC/C=C/CCCCCCO[C@@H]1CO[C@H]([C@@H](O)CO)[C@@H]1O. The summed E-state index contributed by atoms with van der Waals surface area (Å²) in [6, 6.07) is 0. The summed E-state index contributed by atoms with van der Waals surface area (Å²) in [6.07, 6.45) is 19.5. The Balaban J connectivity index is 1.84. The number of aliphatic hydroxyl groups is 3. The zero-order chi connectivity index (χ0) is 21.2. The van der Waals surface area contributed by atoms with Crippen molar-refractivity contribution in [1.82, 2.24) is 0 Å². The first-order valence-electron chi connectivity index (χ1n) is 12.1. The Bertz CT molecular complexity index is 387. The summed E-state index contributed by atoms with van der Waals surface area (Å²) in [6.45, 7) is 2.72. The van der Waals surface area contributed by atoms with E-state index in [0.717, 1.165) is 19.3 Å². The number of unbranched alkanes of at least 4 members (excludes halogenated alkanes) is 12. The molecule has 0 amide bonds. The van der Waals surface area contributed by atoms with Gasteiger partial charge in [-0.3, -0.25) is 0 Å². The molecular formula is C24H46O5. The summed E-state index contributed by atoms with van der Waals surface area (Å²) >= 11 is 0. The summed E-state index contributed by atoms with van der Waals surface area (Å²) in [5.74, 6) is 0. The van der Waals surface area contributed by atoms with Gasteiger partial charge >= 0.3 is 0 Å². The van der Waals surface area contributed by atoms with Crippen LogP contribution in [0.4, 0.5) is 0 Å². The van der Waals surface area contributed by atoms with Crippen LogP contribution in [0, 0.1) is 0 Å². The molecule has 1 heterocycles. The van der Waals surface area contributed by atoms with Gasteiger partial charge in [0.25, 0.3) is 0 Å². The van der Waals surface area contributed by atoms with E-state index in [0.29, 0.717) is 6.61 Å². The summed E-state index contributed by atoms with van der Waals surface area (Å²) in [5, 5.41) is 28.6. The van der Waals surface area contributed by atoms with Crippen molar-refractivity contribution < 1.29 is 24.8 Å². The van der Waals surface area contributed by atoms with Crippen molar-refractivity contribution in [2.24, 2.45) is 0 Å². The molecule has 0 unspecified atom stereocenters. The Kier molecular flexibility index (Phi) is 16.8. The smallest absolute Gasteiger partial charge is 0.114 e. The van der Waals surface area contributed by atoms with Gasteiger partial charge in [0.15, 0.2) is 0 Å². The van der Waals surface area contributed by atoms with E-state index in [1.807, 2.05) is 0 Å². The van der Waals surface area contributed by atoms with Crippen LogP contribution in [0.25, 0.3) is 0 Å². The monoisotopic (exact) mass is 414 g/mol. The fraction of sp³-hybridized carbons (Fsp3) is 0.917. The first-order valence-corrected chi connectivity index (χ1v) is 12.1. The van der Waals surface area contributed by atoms with Crippen LogP contribution in [0.1, 0.15) is 96.8 Å². The first-order chi connectivity index (χ1) is 14.2. The molecule has 1 aliphatic heterocycles. The minimum atomic E-state index is -1.05. The topological polar surface area (TPSA) is 79.2 Å². The summed E-state index contributed by atoms with van der Waals surface area (Å²) in [5.41, 5.74) is 0. The van der Waals surface area contributed by atoms with Crippen molar-refractivity contribution >= 4 is 0 Å². The van der Waals surface area contributed by atoms with Gasteiger partial charge in [-0.25, -0.2) is 0 Å². The van der Waals surface area contributed by atoms with Crippen LogP contribution in [0.5, 0.6) is 0 Å². The van der Waals surface area contributed by atoms with E-state index in [4.69, 9.17) is 14.6 Å². The van der Waals surface area contributed by atoms with E-state index in [-0.39, 0.29) is 6.61 Å². The molecule has 0 saturated carbocycles. The molecule has 0 spiro atoms. The Labute approximate surface area is 178 Å². The third kappa shape index (κ3) is 12.7. The van der Waals surface area contributed by atoms with Crippen molar-refractivity contribution in [3.63, 3.8) is 0 Å². The summed E-state index contributed by atoms with van der Waals surface area (Å²) in [7, 11) is 0. The molecule has 29 heavy (non-hydrogen) atoms. The normalized spacial score (nSPS) is 23.2. The Morgan fingerprint density at radius 3 is 2.03 bits per heavy atom. The fourth-order valence-electron chi connectivity index (χ4n) is 3.79. The van der Waals surface area contributed by atoms with E-state index < -0.39 is 31.0 Å². The lowest BCUT2D eigenvalue weighted by Gasteiger charge is -2.20. The van der Waals surface area contributed by atoms with Crippen molar-refractivity contribution in [2.45, 2.75) is 121 Å². The van der Waals surface area contributed by atoms with Gasteiger partial charge < -0.3 is 24.8 Å². The highest BCUT2D eigenvalue weighted by Crippen LogP contribution is 2.20. The molecule has 5 nitrogen and oxygen atoms in total. The summed E-state index contributed by atoms with van der Waals surface area (Å²) < 4.78 is 11.0. The molecule has 3 N–H and O–H groups in total. The van der Waals surface area contributed by atoms with Gasteiger partial charge in [0.05, 0.1) is 13.2 Å². The first kappa shape index (κ1) is 26.6. The number of hydrogen-bond acceptors (Lipinski definition) is 5. The van der Waals surface area contributed by atoms with Gasteiger partial charge in [-0.1, -0.05) is 76.9 Å². The van der Waals surface area contributed by atoms with Gasteiger partial charge in [0.1, 0.15) is 24.4 Å². The van der Waals surface area contributed by atoms with E-state index in [1.165, 1.54) is 70.6 Å². The van der Waals surface area contributed by atoms with Crippen LogP contribution in [0.3, 0.4) is 0 Å². The molecule has 1 saturated heterocycles. The molecule has 0 aromatic carbocycles. The van der Waals surface area contributed by atoms with E-state index in [2.05, 4.69) is 19.1 Å². The lowest BCUT2D eigenvalue weighted by atomic mass is 10.1. The number of aliphatic hydroxyl groups excluding tert-OH is 3. The van der Waals surface area contributed by atoms with Gasteiger partial charge in [-0.05, 0) is 32.1 Å². The van der Waals surface area contributed by atoms with Crippen LogP contribution in [-0.4, -0.2) is 59.6 Å². The second-order valence-electron chi connectivity index (χ2n) is 8.39. The summed E-state index contributed by atoms with van der Waals surface area (Å²) in [4.78, 5) is 0. The predicted molar refractivity (Wildman–Crippen MR) is 118 cm³/mol. The third-order valence-electron chi connectivity index (χ3n) is 5.72. The van der Waals surface area contributed by atoms with E-state index in [9.17, 15) is 10.2 Å². The Hall–Kier alpha value is -0.460. The van der Waals surface area contributed by atoms with Gasteiger partial charge in [-0.15, -0.1) is 0 Å². The maximum Gasteiger partial charge on any atom is 0.114 e. The highest BCUT2D eigenvalue weighted by molar-refractivity contribution is 4.88. The lowest BCUT2D eigenvalue weighted by molar-refractivity contribution is -0.0730. The third-order valence-corrected chi connectivity index (χ3v) is 5.72. The van der Waals surface area contributed by atoms with Crippen LogP contribution in [0.2, 0.25) is 0 Å². The lowest BCUT2D eigenvalue weighted by Crippen LogP contribution is -2.41. The second-order valence-corrected chi connectivity index (χ2v) is 8.39. The van der Waals surface area contributed by atoms with Crippen molar-refractivity contribution in [1.29, 1.82) is 0 Å². The standard InChI is InChI=1S/C24H46O5/c1-2-3-4-5-6-7-8-9-10-11-12-13-14-15-16-17-18-28-22-20-29-24(23(22)27)21(26)19-25/h11-12,21-27H,2-10,13-20H2,1H3/b12-11+/t21-,22+,23+,24+/m0/s1. The van der Waals surface area contributed by atoms with Crippen LogP contribution in [-0.2, 0) is 9.47 Å². The number of rotatable bonds is 19. The highest BCUT2D eigenvalue weighted by Gasteiger charge is 2.40. The zero-order valence-corrected chi connectivity index (χ0v) is 18.6. The largest absolute Gasteiger partial charge is 0.394 e. The van der Waals surface area contributed by atoms with Crippen LogP contribution in [0.15, 0.2) is 12.2 Å². The van der Waals surface area contributed by atoms with Crippen LogP contribution >= 0.6 is 0 Å². The van der Waals surface area contributed by atoms with E-state index in [1.54, 1.807) is 0 Å². The van der Waals surface area contributed by atoms with Crippen LogP contribution < -0.4 is 0 Å². The molecule has 4 atom stereocenters. The van der Waals surface area contributed by atoms with Gasteiger partial charge in [-0.2, -0.15) is 0 Å². The molecule has 1 rings (SSSR count). The zero-order valence-electron chi connectivity index (χ0n) is 18.6. The average molecular weight is 415 g/mol. The Morgan fingerprint density at radius 1 is 0.897 bits per heavy atom. The van der Waals surface area contributed by atoms with E-state index >= 15 is 0 Å². The molecule has 0 aliphatic carbocycles. The minimum Gasteiger partial charge on any atom is -0.394 e. The molecular weight excluding hydrogens is 368 g/mol. The van der Waals surface area contributed by atoms with Crippen molar-refractivity contribution in [2.75, 3.05) is 19.8 Å². The highest BCUT2D eigenvalue weighted by atomic mass is 16.6. The fourth-order valence-corrected chi connectivity index (χ4v) is 3.79.